The van der Waals surface area contributed by atoms with Gasteiger partial charge in [0.05, 0.1) is 7.11 Å². The zero-order chi connectivity index (χ0) is 16.1. The third-order valence-corrected chi connectivity index (χ3v) is 4.98. The molecule has 1 aliphatic rings. The fourth-order valence-electron chi connectivity index (χ4n) is 3.85. The van der Waals surface area contributed by atoms with Crippen LogP contribution in [0.15, 0.2) is 66.2 Å². The fourth-order valence-corrected chi connectivity index (χ4v) is 3.85. The third-order valence-electron chi connectivity index (χ3n) is 4.98. The highest BCUT2D eigenvalue weighted by Gasteiger charge is 2.34. The molecular formula is C22H26O. The fraction of sp³-hybridized carbons (Fsp3) is 0.364. The molecule has 3 rings (SSSR count). The van der Waals surface area contributed by atoms with Gasteiger partial charge < -0.3 is 4.74 Å². The van der Waals surface area contributed by atoms with Crippen molar-refractivity contribution in [1.82, 2.24) is 0 Å². The molecule has 0 aromatic heterocycles. The molecule has 2 aromatic carbocycles. The van der Waals surface area contributed by atoms with Crippen LogP contribution in [0.2, 0.25) is 0 Å². The summed E-state index contributed by atoms with van der Waals surface area (Å²) in [7, 11) is 1.72. The van der Waals surface area contributed by atoms with Crippen molar-refractivity contribution < 1.29 is 4.74 Å². The lowest BCUT2D eigenvalue weighted by Crippen LogP contribution is -2.28. The van der Waals surface area contributed by atoms with Crippen LogP contribution in [0.5, 0.6) is 5.75 Å². The van der Waals surface area contributed by atoms with Crippen molar-refractivity contribution in [2.45, 2.75) is 44.4 Å². The van der Waals surface area contributed by atoms with E-state index in [1.165, 1.54) is 43.2 Å². The number of rotatable bonds is 5. The molecule has 1 atom stereocenters. The highest BCUT2D eigenvalue weighted by Crippen LogP contribution is 2.44. The average Bonchev–Trinajstić information content (AvgIpc) is 2.63. The average molecular weight is 306 g/mol. The predicted octanol–water partition coefficient (Wildman–Crippen LogP) is 5.89. The molecule has 0 fully saturated rings. The monoisotopic (exact) mass is 306 g/mol. The van der Waals surface area contributed by atoms with Gasteiger partial charge in [0.2, 0.25) is 0 Å². The quantitative estimate of drug-likeness (QED) is 0.626. The lowest BCUT2D eigenvalue weighted by atomic mass is 9.67. The Morgan fingerprint density at radius 1 is 0.957 bits per heavy atom. The van der Waals surface area contributed by atoms with Crippen molar-refractivity contribution in [3.05, 3.63) is 77.4 Å². The van der Waals surface area contributed by atoms with E-state index in [-0.39, 0.29) is 5.41 Å². The lowest BCUT2D eigenvalue weighted by molar-refractivity contribution is 0.414. The SMILES string of the molecule is CCCC1=CC(c2ccccc2)(c2ccc(OC)cc2)CCC1. The maximum Gasteiger partial charge on any atom is 0.118 e. The van der Waals surface area contributed by atoms with Gasteiger partial charge >= 0.3 is 0 Å². The molecular weight excluding hydrogens is 280 g/mol. The van der Waals surface area contributed by atoms with Crippen LogP contribution in [0.25, 0.3) is 0 Å². The number of benzene rings is 2. The summed E-state index contributed by atoms with van der Waals surface area (Å²) in [5.41, 5.74) is 4.39. The first kappa shape index (κ1) is 15.9. The van der Waals surface area contributed by atoms with Crippen LogP contribution < -0.4 is 4.74 Å². The Balaban J connectivity index is 2.11. The molecule has 120 valence electrons. The minimum atomic E-state index is 0.0102. The van der Waals surface area contributed by atoms with Crippen LogP contribution in [0.4, 0.5) is 0 Å². The first-order valence-electron chi connectivity index (χ1n) is 8.69. The number of hydrogen-bond acceptors (Lipinski definition) is 1. The van der Waals surface area contributed by atoms with Crippen LogP contribution in [-0.2, 0) is 5.41 Å². The maximum absolute atomic E-state index is 5.34. The normalized spacial score (nSPS) is 20.9. The highest BCUT2D eigenvalue weighted by molar-refractivity contribution is 5.47. The summed E-state index contributed by atoms with van der Waals surface area (Å²) in [5, 5.41) is 0. The topological polar surface area (TPSA) is 9.23 Å². The van der Waals surface area contributed by atoms with E-state index in [0.29, 0.717) is 0 Å². The highest BCUT2D eigenvalue weighted by atomic mass is 16.5. The van der Waals surface area contributed by atoms with Crippen LogP contribution in [0, 0.1) is 0 Å². The Morgan fingerprint density at radius 2 is 1.65 bits per heavy atom. The van der Waals surface area contributed by atoms with E-state index in [4.69, 9.17) is 4.74 Å². The first-order chi connectivity index (χ1) is 11.3. The van der Waals surface area contributed by atoms with Crippen LogP contribution in [0.3, 0.4) is 0 Å². The van der Waals surface area contributed by atoms with Crippen molar-refractivity contribution in [2.75, 3.05) is 7.11 Å². The third kappa shape index (κ3) is 3.19. The standard InChI is InChI=1S/C22H26O/c1-3-8-18-9-7-16-22(17-18,19-10-5-4-6-11-19)20-12-14-21(23-2)15-13-20/h4-6,10-15,17H,3,7-9,16H2,1-2H3. The van der Waals surface area contributed by atoms with Crippen molar-refractivity contribution >= 4 is 0 Å². The first-order valence-corrected chi connectivity index (χ1v) is 8.69. The Morgan fingerprint density at radius 3 is 2.30 bits per heavy atom. The molecule has 0 N–H and O–H groups in total. The second kappa shape index (κ2) is 7.04. The second-order valence-electron chi connectivity index (χ2n) is 6.47. The van der Waals surface area contributed by atoms with Crippen molar-refractivity contribution in [1.29, 1.82) is 0 Å². The maximum atomic E-state index is 5.34. The van der Waals surface area contributed by atoms with Gasteiger partial charge in [-0.15, -0.1) is 0 Å². The van der Waals surface area contributed by atoms with Gasteiger partial charge in [-0.25, -0.2) is 0 Å². The lowest BCUT2D eigenvalue weighted by Gasteiger charge is -2.37. The summed E-state index contributed by atoms with van der Waals surface area (Å²) in [6.45, 7) is 2.27. The smallest absolute Gasteiger partial charge is 0.118 e. The molecule has 23 heavy (non-hydrogen) atoms. The molecule has 0 aliphatic heterocycles. The molecule has 0 bridgehead atoms. The number of allylic oxidation sites excluding steroid dienone is 2. The predicted molar refractivity (Wildman–Crippen MR) is 97.1 cm³/mol. The van der Waals surface area contributed by atoms with Gasteiger partial charge in [0.15, 0.2) is 0 Å². The van der Waals surface area contributed by atoms with Gasteiger partial charge in [0, 0.05) is 5.41 Å². The van der Waals surface area contributed by atoms with E-state index in [9.17, 15) is 0 Å². The molecule has 1 heteroatoms. The Kier molecular flexibility index (Phi) is 4.85. The summed E-state index contributed by atoms with van der Waals surface area (Å²) in [6, 6.07) is 19.6. The molecule has 1 nitrogen and oxygen atoms in total. The van der Waals surface area contributed by atoms with Gasteiger partial charge in [0.25, 0.3) is 0 Å². The van der Waals surface area contributed by atoms with Crippen LogP contribution >= 0.6 is 0 Å². The molecule has 1 unspecified atom stereocenters. The van der Waals surface area contributed by atoms with Crippen LogP contribution in [0.1, 0.15) is 50.2 Å². The van der Waals surface area contributed by atoms with E-state index in [1.54, 1.807) is 12.7 Å². The molecule has 2 aromatic rings. The van der Waals surface area contributed by atoms with Crippen molar-refractivity contribution in [2.24, 2.45) is 0 Å². The summed E-state index contributed by atoms with van der Waals surface area (Å²) in [5.74, 6) is 0.922. The van der Waals surface area contributed by atoms with E-state index >= 15 is 0 Å². The van der Waals surface area contributed by atoms with E-state index in [0.717, 1.165) is 5.75 Å². The summed E-state index contributed by atoms with van der Waals surface area (Å²) in [4.78, 5) is 0. The van der Waals surface area contributed by atoms with Crippen molar-refractivity contribution in [3.8, 4) is 5.75 Å². The van der Waals surface area contributed by atoms with Gasteiger partial charge in [-0.05, 0) is 48.9 Å². The molecule has 0 amide bonds. The molecule has 0 spiro atoms. The molecule has 0 saturated heterocycles. The molecule has 0 saturated carbocycles. The molecule has 1 aliphatic carbocycles. The zero-order valence-corrected chi connectivity index (χ0v) is 14.2. The summed E-state index contributed by atoms with van der Waals surface area (Å²) in [6.07, 6.45) is 8.67. The van der Waals surface area contributed by atoms with E-state index in [2.05, 4.69) is 67.6 Å². The van der Waals surface area contributed by atoms with E-state index < -0.39 is 0 Å². The number of hydrogen-bond donors (Lipinski definition) is 0. The number of ether oxygens (including phenoxy) is 1. The summed E-state index contributed by atoms with van der Waals surface area (Å²) < 4.78 is 5.34. The second-order valence-corrected chi connectivity index (χ2v) is 6.47. The largest absolute Gasteiger partial charge is 0.497 e. The molecule has 0 heterocycles. The van der Waals surface area contributed by atoms with Gasteiger partial charge in [-0.1, -0.05) is 67.5 Å². The molecule has 0 radical (unpaired) electrons. The Bertz CT molecular complexity index is 654. The van der Waals surface area contributed by atoms with Gasteiger partial charge in [-0.3, -0.25) is 0 Å². The van der Waals surface area contributed by atoms with Crippen molar-refractivity contribution in [3.63, 3.8) is 0 Å². The number of methoxy groups -OCH3 is 1. The minimum absolute atomic E-state index is 0.0102. The van der Waals surface area contributed by atoms with E-state index in [1.807, 2.05) is 0 Å². The Hall–Kier alpha value is -2.02. The zero-order valence-electron chi connectivity index (χ0n) is 14.2. The van der Waals surface area contributed by atoms with Gasteiger partial charge in [0.1, 0.15) is 5.75 Å². The van der Waals surface area contributed by atoms with Crippen LogP contribution in [-0.4, -0.2) is 7.11 Å². The summed E-state index contributed by atoms with van der Waals surface area (Å²) >= 11 is 0. The minimum Gasteiger partial charge on any atom is -0.497 e. The van der Waals surface area contributed by atoms with Gasteiger partial charge in [-0.2, -0.15) is 0 Å². The Labute approximate surface area is 140 Å².